The molecule has 0 aromatic heterocycles. The summed E-state index contributed by atoms with van der Waals surface area (Å²) in [5.41, 5.74) is 1.53. The highest BCUT2D eigenvalue weighted by molar-refractivity contribution is 7.92. The SMILES string of the molecule is O=S(=O)(c1cccc(Cl)c1)N1CCOc2c(N3CCCNCC3)cccc21. The van der Waals surface area contributed by atoms with Crippen molar-refractivity contribution < 1.29 is 13.2 Å². The largest absolute Gasteiger partial charge is 0.487 e. The molecular formula is C19H22ClN3O3S. The molecule has 0 amide bonds. The minimum absolute atomic E-state index is 0.187. The quantitative estimate of drug-likeness (QED) is 0.847. The number of rotatable bonds is 3. The molecule has 0 atom stereocenters. The summed E-state index contributed by atoms with van der Waals surface area (Å²) in [6.07, 6.45) is 1.04. The van der Waals surface area contributed by atoms with Gasteiger partial charge in [-0.05, 0) is 43.3 Å². The average Bonchev–Trinajstić information content (AvgIpc) is 2.96. The Morgan fingerprint density at radius 1 is 1.00 bits per heavy atom. The van der Waals surface area contributed by atoms with Gasteiger partial charge in [0, 0.05) is 24.7 Å². The van der Waals surface area contributed by atoms with E-state index in [2.05, 4.69) is 10.2 Å². The summed E-state index contributed by atoms with van der Waals surface area (Å²) < 4.78 is 33.8. The van der Waals surface area contributed by atoms with Gasteiger partial charge in [-0.1, -0.05) is 23.7 Å². The van der Waals surface area contributed by atoms with Crippen LogP contribution in [0.5, 0.6) is 5.75 Å². The highest BCUT2D eigenvalue weighted by Crippen LogP contribution is 2.42. The second-order valence-electron chi connectivity index (χ2n) is 6.60. The highest BCUT2D eigenvalue weighted by atomic mass is 35.5. The van der Waals surface area contributed by atoms with E-state index < -0.39 is 10.0 Å². The van der Waals surface area contributed by atoms with E-state index in [0.29, 0.717) is 23.1 Å². The summed E-state index contributed by atoms with van der Waals surface area (Å²) in [4.78, 5) is 2.45. The number of para-hydroxylation sites is 1. The van der Waals surface area contributed by atoms with Crippen molar-refractivity contribution in [1.29, 1.82) is 0 Å². The number of hydrogen-bond donors (Lipinski definition) is 1. The van der Waals surface area contributed by atoms with Crippen LogP contribution in [0.2, 0.25) is 5.02 Å². The number of halogens is 1. The van der Waals surface area contributed by atoms with Gasteiger partial charge in [0.1, 0.15) is 6.61 Å². The van der Waals surface area contributed by atoms with Crippen LogP contribution in [0.25, 0.3) is 0 Å². The van der Waals surface area contributed by atoms with Crippen LogP contribution in [-0.2, 0) is 10.0 Å². The zero-order valence-corrected chi connectivity index (χ0v) is 16.5. The van der Waals surface area contributed by atoms with Crippen LogP contribution in [0.3, 0.4) is 0 Å². The van der Waals surface area contributed by atoms with E-state index in [-0.39, 0.29) is 11.4 Å². The Labute approximate surface area is 164 Å². The molecule has 0 bridgehead atoms. The monoisotopic (exact) mass is 407 g/mol. The van der Waals surface area contributed by atoms with E-state index in [4.69, 9.17) is 16.3 Å². The summed E-state index contributed by atoms with van der Waals surface area (Å²) in [6.45, 7) is 4.24. The van der Waals surface area contributed by atoms with Gasteiger partial charge in [-0.15, -0.1) is 0 Å². The van der Waals surface area contributed by atoms with E-state index in [0.717, 1.165) is 38.3 Å². The van der Waals surface area contributed by atoms with Crippen LogP contribution in [0.1, 0.15) is 6.42 Å². The first-order chi connectivity index (χ1) is 13.1. The fourth-order valence-electron chi connectivity index (χ4n) is 3.55. The molecule has 2 aromatic carbocycles. The van der Waals surface area contributed by atoms with Gasteiger partial charge < -0.3 is 15.0 Å². The van der Waals surface area contributed by atoms with Gasteiger partial charge in [-0.25, -0.2) is 8.42 Å². The van der Waals surface area contributed by atoms with E-state index in [1.807, 2.05) is 12.1 Å². The van der Waals surface area contributed by atoms with Crippen LogP contribution in [0.4, 0.5) is 11.4 Å². The summed E-state index contributed by atoms with van der Waals surface area (Å²) in [5.74, 6) is 0.635. The molecule has 2 aliphatic heterocycles. The Morgan fingerprint density at radius 3 is 2.67 bits per heavy atom. The minimum atomic E-state index is -3.71. The first-order valence-corrected chi connectivity index (χ1v) is 10.9. The number of anilines is 2. The molecule has 1 saturated heterocycles. The normalized spacial score (nSPS) is 17.8. The predicted molar refractivity (Wildman–Crippen MR) is 108 cm³/mol. The van der Waals surface area contributed by atoms with Gasteiger partial charge in [-0.3, -0.25) is 4.31 Å². The molecule has 6 nitrogen and oxygen atoms in total. The molecule has 0 spiro atoms. The zero-order chi connectivity index (χ0) is 18.9. The van der Waals surface area contributed by atoms with Crippen LogP contribution in [-0.4, -0.2) is 47.7 Å². The lowest BCUT2D eigenvalue weighted by Gasteiger charge is -2.34. The van der Waals surface area contributed by atoms with Crippen LogP contribution < -0.4 is 19.3 Å². The number of hydrogen-bond acceptors (Lipinski definition) is 5. The van der Waals surface area contributed by atoms with Crippen molar-refractivity contribution in [3.8, 4) is 5.75 Å². The molecule has 2 aliphatic rings. The van der Waals surface area contributed by atoms with Crippen LogP contribution in [0.15, 0.2) is 47.4 Å². The van der Waals surface area contributed by atoms with E-state index in [1.54, 1.807) is 24.3 Å². The van der Waals surface area contributed by atoms with E-state index >= 15 is 0 Å². The maximum Gasteiger partial charge on any atom is 0.264 e. The molecule has 144 valence electrons. The van der Waals surface area contributed by atoms with Gasteiger partial charge >= 0.3 is 0 Å². The van der Waals surface area contributed by atoms with Gasteiger partial charge in [0.25, 0.3) is 10.0 Å². The number of nitrogens with one attached hydrogen (secondary N) is 1. The summed E-state index contributed by atoms with van der Waals surface area (Å²) in [6, 6.07) is 12.1. The third kappa shape index (κ3) is 3.59. The van der Waals surface area contributed by atoms with Gasteiger partial charge in [-0.2, -0.15) is 0 Å². The van der Waals surface area contributed by atoms with Gasteiger partial charge in [0.15, 0.2) is 5.75 Å². The Balaban J connectivity index is 1.74. The fourth-order valence-corrected chi connectivity index (χ4v) is 5.30. The standard InChI is InChI=1S/C19H22ClN3O3S/c20-15-4-1-5-16(14-15)27(24,25)23-12-13-26-19-17(6-2-7-18(19)23)22-10-3-8-21-9-11-22/h1-2,4-7,14,21H,3,8-13H2. The second-order valence-corrected chi connectivity index (χ2v) is 8.90. The van der Waals surface area contributed by atoms with Crippen LogP contribution >= 0.6 is 11.6 Å². The molecule has 8 heteroatoms. The number of benzene rings is 2. The molecule has 2 heterocycles. The molecule has 0 unspecified atom stereocenters. The number of sulfonamides is 1. The van der Waals surface area contributed by atoms with E-state index in [1.165, 1.54) is 10.4 Å². The molecule has 4 rings (SSSR count). The lowest BCUT2D eigenvalue weighted by atomic mass is 10.2. The first kappa shape index (κ1) is 18.4. The smallest absolute Gasteiger partial charge is 0.264 e. The molecule has 1 fully saturated rings. The Bertz CT molecular complexity index is 928. The summed E-state index contributed by atoms with van der Waals surface area (Å²) in [7, 11) is -3.71. The fraction of sp³-hybridized carbons (Fsp3) is 0.368. The second kappa shape index (κ2) is 7.58. The third-order valence-electron chi connectivity index (χ3n) is 4.85. The Morgan fingerprint density at radius 2 is 1.81 bits per heavy atom. The summed E-state index contributed by atoms with van der Waals surface area (Å²) in [5, 5.41) is 3.78. The molecule has 27 heavy (non-hydrogen) atoms. The molecule has 1 N–H and O–H groups in total. The zero-order valence-electron chi connectivity index (χ0n) is 14.9. The molecule has 0 radical (unpaired) electrons. The Kier molecular flexibility index (Phi) is 5.16. The predicted octanol–water partition coefficient (Wildman–Crippen LogP) is 2.73. The highest BCUT2D eigenvalue weighted by Gasteiger charge is 2.32. The molecular weight excluding hydrogens is 386 g/mol. The molecule has 0 aliphatic carbocycles. The number of fused-ring (bicyclic) bond motifs is 1. The van der Waals surface area contributed by atoms with Crippen molar-refractivity contribution >= 4 is 33.0 Å². The molecule has 2 aromatic rings. The van der Waals surface area contributed by atoms with Gasteiger partial charge in [0.05, 0.1) is 22.8 Å². The number of nitrogens with zero attached hydrogens (tertiary/aromatic N) is 2. The Hall–Kier alpha value is -1.96. The lowest BCUT2D eigenvalue weighted by Crippen LogP contribution is -2.38. The topological polar surface area (TPSA) is 61.9 Å². The van der Waals surface area contributed by atoms with Crippen molar-refractivity contribution in [2.75, 3.05) is 48.5 Å². The van der Waals surface area contributed by atoms with Crippen molar-refractivity contribution in [3.63, 3.8) is 0 Å². The average molecular weight is 408 g/mol. The van der Waals surface area contributed by atoms with Crippen molar-refractivity contribution in [1.82, 2.24) is 5.32 Å². The van der Waals surface area contributed by atoms with E-state index in [9.17, 15) is 8.42 Å². The summed E-state index contributed by atoms with van der Waals surface area (Å²) >= 11 is 6.01. The third-order valence-corrected chi connectivity index (χ3v) is 6.89. The van der Waals surface area contributed by atoms with Crippen LogP contribution in [0, 0.1) is 0 Å². The maximum absolute atomic E-state index is 13.2. The maximum atomic E-state index is 13.2. The number of ether oxygens (including phenoxy) is 1. The lowest BCUT2D eigenvalue weighted by molar-refractivity contribution is 0.316. The first-order valence-electron chi connectivity index (χ1n) is 9.07. The van der Waals surface area contributed by atoms with Crippen molar-refractivity contribution in [3.05, 3.63) is 47.5 Å². The van der Waals surface area contributed by atoms with Crippen molar-refractivity contribution in [2.24, 2.45) is 0 Å². The molecule has 0 saturated carbocycles. The minimum Gasteiger partial charge on any atom is -0.487 e. The van der Waals surface area contributed by atoms with Gasteiger partial charge in [0.2, 0.25) is 0 Å². The van der Waals surface area contributed by atoms with Crippen molar-refractivity contribution in [2.45, 2.75) is 11.3 Å².